The van der Waals surface area contributed by atoms with Crippen molar-refractivity contribution in [3.05, 3.63) is 41.1 Å². The molecule has 0 saturated heterocycles. The van der Waals surface area contributed by atoms with Crippen molar-refractivity contribution in [2.75, 3.05) is 0 Å². The first-order valence-corrected chi connectivity index (χ1v) is 7.11. The summed E-state index contributed by atoms with van der Waals surface area (Å²) in [7, 11) is 1.79. The van der Waals surface area contributed by atoms with Gasteiger partial charge >= 0.3 is 0 Å². The molecule has 0 saturated carbocycles. The van der Waals surface area contributed by atoms with Gasteiger partial charge in [0.15, 0.2) is 0 Å². The van der Waals surface area contributed by atoms with E-state index in [-0.39, 0.29) is 10.9 Å². The second-order valence-corrected chi connectivity index (χ2v) is 5.88. The molecule has 0 aliphatic carbocycles. The minimum Gasteiger partial charge on any atom is -0.328 e. The van der Waals surface area contributed by atoms with Crippen LogP contribution in [0.4, 0.5) is 8.78 Å². The van der Waals surface area contributed by atoms with Gasteiger partial charge in [0.25, 0.3) is 0 Å². The first-order chi connectivity index (χ1) is 9.38. The fourth-order valence-electron chi connectivity index (χ4n) is 2.03. The summed E-state index contributed by atoms with van der Waals surface area (Å²) in [5, 5.41) is 5.13. The number of aromatic nitrogens is 2. The highest BCUT2D eigenvalue weighted by atomic mass is 32.2. The summed E-state index contributed by atoms with van der Waals surface area (Å²) in [6.07, 6.45) is 0.652. The summed E-state index contributed by atoms with van der Waals surface area (Å²) in [6, 6.07) is 3.41. The van der Waals surface area contributed by atoms with Crippen LogP contribution in [-0.2, 0) is 13.5 Å². The number of nitrogens with zero attached hydrogens (tertiary/aromatic N) is 2. The molecule has 1 heterocycles. The van der Waals surface area contributed by atoms with Gasteiger partial charge in [0.2, 0.25) is 0 Å². The zero-order valence-corrected chi connectivity index (χ0v) is 12.5. The van der Waals surface area contributed by atoms with E-state index in [0.717, 1.165) is 28.4 Å². The van der Waals surface area contributed by atoms with Crippen LogP contribution in [0, 0.1) is 18.6 Å². The molecule has 0 aliphatic heterocycles. The normalized spacial score (nSPS) is 12.7. The van der Waals surface area contributed by atoms with Crippen molar-refractivity contribution < 1.29 is 8.78 Å². The molecule has 2 N–H and O–H groups in total. The van der Waals surface area contributed by atoms with E-state index in [0.29, 0.717) is 6.42 Å². The van der Waals surface area contributed by atoms with Crippen molar-refractivity contribution in [1.82, 2.24) is 9.78 Å². The SMILES string of the molecule is Cc1nn(C)c(Sc2cc(F)ccc2F)c1CC(C)N. The Labute approximate surface area is 121 Å². The lowest BCUT2D eigenvalue weighted by molar-refractivity contribution is 0.576. The van der Waals surface area contributed by atoms with Gasteiger partial charge in [-0.2, -0.15) is 5.10 Å². The Morgan fingerprint density at radius 2 is 2.10 bits per heavy atom. The molecule has 1 aromatic heterocycles. The molecule has 3 nitrogen and oxygen atoms in total. The first kappa shape index (κ1) is 15.0. The molecule has 0 spiro atoms. The maximum Gasteiger partial charge on any atom is 0.137 e. The van der Waals surface area contributed by atoms with E-state index in [1.54, 1.807) is 11.7 Å². The number of halogens is 2. The van der Waals surface area contributed by atoms with E-state index in [1.165, 1.54) is 17.8 Å². The zero-order valence-electron chi connectivity index (χ0n) is 11.7. The third-order valence-electron chi connectivity index (χ3n) is 2.91. The molecule has 1 aromatic carbocycles. The molecule has 2 aromatic rings. The van der Waals surface area contributed by atoms with Gasteiger partial charge in [-0.3, -0.25) is 4.68 Å². The van der Waals surface area contributed by atoms with E-state index < -0.39 is 11.6 Å². The Bertz CT molecular complexity index is 623. The molecule has 0 fully saturated rings. The van der Waals surface area contributed by atoms with Crippen molar-refractivity contribution in [1.29, 1.82) is 0 Å². The second-order valence-electron chi connectivity index (χ2n) is 4.85. The van der Waals surface area contributed by atoms with Crippen molar-refractivity contribution in [2.24, 2.45) is 12.8 Å². The Morgan fingerprint density at radius 3 is 2.75 bits per heavy atom. The second kappa shape index (κ2) is 5.93. The first-order valence-electron chi connectivity index (χ1n) is 6.29. The van der Waals surface area contributed by atoms with Gasteiger partial charge in [-0.05, 0) is 38.5 Å². The molecule has 1 unspecified atom stereocenters. The zero-order chi connectivity index (χ0) is 14.9. The maximum atomic E-state index is 13.7. The van der Waals surface area contributed by atoms with Gasteiger partial charge in [0.1, 0.15) is 16.7 Å². The van der Waals surface area contributed by atoms with Crippen molar-refractivity contribution in [3.63, 3.8) is 0 Å². The molecule has 6 heteroatoms. The number of benzene rings is 1. The van der Waals surface area contributed by atoms with Gasteiger partial charge in [0.05, 0.1) is 10.6 Å². The Hall–Kier alpha value is -1.40. The molecule has 20 heavy (non-hydrogen) atoms. The average molecular weight is 297 g/mol. The Balaban J connectivity index is 2.40. The van der Waals surface area contributed by atoms with Gasteiger partial charge in [-0.25, -0.2) is 8.78 Å². The molecule has 0 amide bonds. The molecule has 1 atom stereocenters. The largest absolute Gasteiger partial charge is 0.328 e. The Morgan fingerprint density at radius 1 is 1.40 bits per heavy atom. The van der Waals surface area contributed by atoms with Gasteiger partial charge in [0, 0.05) is 18.7 Å². The minimum absolute atomic E-state index is 0.0189. The van der Waals surface area contributed by atoms with E-state index in [1.807, 2.05) is 13.8 Å². The van der Waals surface area contributed by atoms with Crippen LogP contribution in [-0.4, -0.2) is 15.8 Å². The highest BCUT2D eigenvalue weighted by Gasteiger charge is 2.17. The smallest absolute Gasteiger partial charge is 0.137 e. The molecule has 2 rings (SSSR count). The number of rotatable bonds is 4. The lowest BCUT2D eigenvalue weighted by Gasteiger charge is -2.09. The van der Waals surface area contributed by atoms with Crippen LogP contribution in [0.3, 0.4) is 0 Å². The molecule has 0 bridgehead atoms. The number of nitrogens with two attached hydrogens (primary N) is 1. The van der Waals surface area contributed by atoms with E-state index in [9.17, 15) is 8.78 Å². The third-order valence-corrected chi connectivity index (χ3v) is 4.15. The van der Waals surface area contributed by atoms with Crippen LogP contribution in [0.2, 0.25) is 0 Å². The number of hydrogen-bond donors (Lipinski definition) is 1. The van der Waals surface area contributed by atoms with E-state index in [2.05, 4.69) is 5.10 Å². The lowest BCUT2D eigenvalue weighted by Crippen LogP contribution is -2.18. The number of hydrogen-bond acceptors (Lipinski definition) is 3. The maximum absolute atomic E-state index is 13.7. The molecule has 0 radical (unpaired) electrons. The van der Waals surface area contributed by atoms with Crippen molar-refractivity contribution >= 4 is 11.8 Å². The van der Waals surface area contributed by atoms with Crippen LogP contribution < -0.4 is 5.73 Å². The molecule has 108 valence electrons. The summed E-state index contributed by atoms with van der Waals surface area (Å²) < 4.78 is 28.7. The summed E-state index contributed by atoms with van der Waals surface area (Å²) >= 11 is 1.17. The fourth-order valence-corrected chi connectivity index (χ4v) is 3.10. The summed E-state index contributed by atoms with van der Waals surface area (Å²) in [5.41, 5.74) is 7.69. The summed E-state index contributed by atoms with van der Waals surface area (Å²) in [5.74, 6) is -0.900. The monoisotopic (exact) mass is 297 g/mol. The highest BCUT2D eigenvalue weighted by Crippen LogP contribution is 2.34. The predicted molar refractivity (Wildman–Crippen MR) is 75.8 cm³/mol. The molecular weight excluding hydrogens is 280 g/mol. The predicted octanol–water partition coefficient (Wildman–Crippen LogP) is 3.05. The summed E-state index contributed by atoms with van der Waals surface area (Å²) in [4.78, 5) is 0.249. The molecular formula is C14H17F2N3S. The van der Waals surface area contributed by atoms with E-state index in [4.69, 9.17) is 5.73 Å². The Kier molecular flexibility index (Phi) is 4.45. The summed E-state index contributed by atoms with van der Waals surface area (Å²) in [6.45, 7) is 3.80. The highest BCUT2D eigenvalue weighted by molar-refractivity contribution is 7.99. The topological polar surface area (TPSA) is 43.8 Å². The van der Waals surface area contributed by atoms with Crippen LogP contribution >= 0.6 is 11.8 Å². The van der Waals surface area contributed by atoms with Gasteiger partial charge < -0.3 is 5.73 Å². The minimum atomic E-state index is -0.457. The quantitative estimate of drug-likeness (QED) is 0.943. The van der Waals surface area contributed by atoms with Crippen molar-refractivity contribution in [2.45, 2.75) is 36.2 Å². The van der Waals surface area contributed by atoms with Gasteiger partial charge in [-0.1, -0.05) is 11.8 Å². The van der Waals surface area contributed by atoms with Crippen LogP contribution in [0.15, 0.2) is 28.1 Å². The van der Waals surface area contributed by atoms with Crippen molar-refractivity contribution in [3.8, 4) is 0 Å². The third kappa shape index (κ3) is 3.19. The fraction of sp³-hybridized carbons (Fsp3) is 0.357. The van der Waals surface area contributed by atoms with E-state index >= 15 is 0 Å². The number of aryl methyl sites for hydroxylation is 2. The van der Waals surface area contributed by atoms with Crippen LogP contribution in [0.1, 0.15) is 18.2 Å². The van der Waals surface area contributed by atoms with Crippen LogP contribution in [0.5, 0.6) is 0 Å². The van der Waals surface area contributed by atoms with Gasteiger partial charge in [-0.15, -0.1) is 0 Å². The molecule has 0 aliphatic rings. The van der Waals surface area contributed by atoms with Crippen LogP contribution in [0.25, 0.3) is 0 Å². The average Bonchev–Trinajstić information content (AvgIpc) is 2.60. The lowest BCUT2D eigenvalue weighted by atomic mass is 10.1. The standard InChI is InChI=1S/C14H17F2N3S/c1-8(17)6-11-9(2)18-19(3)14(11)20-13-7-10(15)4-5-12(13)16/h4-5,7-8H,6,17H2,1-3H3.